The smallest absolute Gasteiger partial charge is 0.292 e. The number of benzene rings is 1. The fourth-order valence-corrected chi connectivity index (χ4v) is 2.07. The Bertz CT molecular complexity index is 502. The normalized spacial score (nSPS) is 11.8. The standard InChI is InChI=1S/C14H21N3O3/c1-5-10(3)16(6-2)14(18)11-7-8-13(17(19)20)12(9-11)15-4/h7-10,15H,5-6H2,1-4H3. The van der Waals surface area contributed by atoms with Gasteiger partial charge in [0.1, 0.15) is 5.69 Å². The summed E-state index contributed by atoms with van der Waals surface area (Å²) < 4.78 is 0. The van der Waals surface area contributed by atoms with E-state index in [2.05, 4.69) is 5.32 Å². The van der Waals surface area contributed by atoms with Gasteiger partial charge in [-0.25, -0.2) is 0 Å². The number of nitrogens with one attached hydrogen (secondary N) is 1. The number of hydrogen-bond acceptors (Lipinski definition) is 4. The molecule has 0 saturated heterocycles. The Morgan fingerprint density at radius 2 is 2.10 bits per heavy atom. The zero-order chi connectivity index (χ0) is 15.3. The summed E-state index contributed by atoms with van der Waals surface area (Å²) in [7, 11) is 1.60. The molecule has 0 saturated carbocycles. The molecular weight excluding hydrogens is 258 g/mol. The molecule has 6 nitrogen and oxygen atoms in total. The Labute approximate surface area is 118 Å². The Hall–Kier alpha value is -2.11. The average Bonchev–Trinajstić information content (AvgIpc) is 2.46. The van der Waals surface area contributed by atoms with Crippen LogP contribution in [0, 0.1) is 10.1 Å². The second-order valence-electron chi connectivity index (χ2n) is 4.59. The van der Waals surface area contributed by atoms with Crippen molar-refractivity contribution in [2.24, 2.45) is 0 Å². The summed E-state index contributed by atoms with van der Waals surface area (Å²) in [4.78, 5) is 24.6. The minimum absolute atomic E-state index is 0.0318. The second-order valence-corrected chi connectivity index (χ2v) is 4.59. The van der Waals surface area contributed by atoms with E-state index in [1.807, 2.05) is 20.8 Å². The number of nitro groups is 1. The molecule has 1 atom stereocenters. The topological polar surface area (TPSA) is 75.5 Å². The van der Waals surface area contributed by atoms with E-state index in [0.29, 0.717) is 17.8 Å². The van der Waals surface area contributed by atoms with Gasteiger partial charge in [0.05, 0.1) is 4.92 Å². The summed E-state index contributed by atoms with van der Waals surface area (Å²) in [5, 5.41) is 13.6. The summed E-state index contributed by atoms with van der Waals surface area (Å²) in [6.45, 7) is 6.55. The summed E-state index contributed by atoms with van der Waals surface area (Å²) in [6.07, 6.45) is 0.867. The van der Waals surface area contributed by atoms with Crippen molar-refractivity contribution in [3.8, 4) is 0 Å². The van der Waals surface area contributed by atoms with Crippen LogP contribution in [-0.2, 0) is 0 Å². The van der Waals surface area contributed by atoms with Crippen LogP contribution in [0.5, 0.6) is 0 Å². The van der Waals surface area contributed by atoms with Gasteiger partial charge >= 0.3 is 0 Å². The van der Waals surface area contributed by atoms with Crippen LogP contribution in [0.25, 0.3) is 0 Å². The number of carbonyl (C=O) groups excluding carboxylic acids is 1. The number of anilines is 1. The fraction of sp³-hybridized carbons (Fsp3) is 0.500. The molecule has 0 radical (unpaired) electrons. The van der Waals surface area contributed by atoms with Crippen LogP contribution in [0.3, 0.4) is 0 Å². The Morgan fingerprint density at radius 1 is 1.45 bits per heavy atom. The number of nitro benzene ring substituents is 1. The maximum absolute atomic E-state index is 12.5. The molecule has 6 heteroatoms. The van der Waals surface area contributed by atoms with Crippen LogP contribution in [0.15, 0.2) is 18.2 Å². The van der Waals surface area contributed by atoms with Crippen LogP contribution in [0.2, 0.25) is 0 Å². The largest absolute Gasteiger partial charge is 0.383 e. The quantitative estimate of drug-likeness (QED) is 0.641. The first kappa shape index (κ1) is 15.9. The molecular formula is C14H21N3O3. The van der Waals surface area contributed by atoms with Crippen molar-refractivity contribution in [1.29, 1.82) is 0 Å². The molecule has 1 unspecified atom stereocenters. The molecule has 0 heterocycles. The van der Waals surface area contributed by atoms with Crippen LogP contribution in [0.1, 0.15) is 37.6 Å². The van der Waals surface area contributed by atoms with Crippen LogP contribution in [0.4, 0.5) is 11.4 Å². The molecule has 0 bridgehead atoms. The highest BCUT2D eigenvalue weighted by atomic mass is 16.6. The SMILES string of the molecule is CCC(C)N(CC)C(=O)c1ccc([N+](=O)[O-])c(NC)c1. The van der Waals surface area contributed by atoms with Crippen molar-refractivity contribution >= 4 is 17.3 Å². The van der Waals surface area contributed by atoms with Crippen molar-refractivity contribution in [2.45, 2.75) is 33.2 Å². The first-order valence-electron chi connectivity index (χ1n) is 6.73. The van der Waals surface area contributed by atoms with Crippen molar-refractivity contribution in [3.05, 3.63) is 33.9 Å². The highest BCUT2D eigenvalue weighted by Gasteiger charge is 2.21. The van der Waals surface area contributed by atoms with E-state index in [1.54, 1.807) is 11.9 Å². The van der Waals surface area contributed by atoms with Gasteiger partial charge in [0.2, 0.25) is 0 Å². The maximum Gasteiger partial charge on any atom is 0.292 e. The van der Waals surface area contributed by atoms with Crippen molar-refractivity contribution in [3.63, 3.8) is 0 Å². The molecule has 0 aliphatic rings. The summed E-state index contributed by atoms with van der Waals surface area (Å²) in [5.74, 6) is -0.103. The monoisotopic (exact) mass is 279 g/mol. The Morgan fingerprint density at radius 3 is 2.55 bits per heavy atom. The Balaban J connectivity index is 3.13. The van der Waals surface area contributed by atoms with Gasteiger partial charge in [-0.2, -0.15) is 0 Å². The molecule has 1 amide bonds. The number of carbonyl (C=O) groups is 1. The van der Waals surface area contributed by atoms with Crippen LogP contribution in [-0.4, -0.2) is 35.4 Å². The molecule has 0 aromatic heterocycles. The van der Waals surface area contributed by atoms with Crippen molar-refractivity contribution in [1.82, 2.24) is 4.90 Å². The zero-order valence-electron chi connectivity index (χ0n) is 12.3. The van der Waals surface area contributed by atoms with Crippen molar-refractivity contribution in [2.75, 3.05) is 18.9 Å². The average molecular weight is 279 g/mol. The molecule has 0 fully saturated rings. The molecule has 1 rings (SSSR count). The molecule has 1 aromatic rings. The van der Waals surface area contributed by atoms with Crippen LogP contribution >= 0.6 is 0 Å². The van der Waals surface area contributed by atoms with E-state index in [4.69, 9.17) is 0 Å². The van der Waals surface area contributed by atoms with Gasteiger partial charge < -0.3 is 10.2 Å². The number of rotatable bonds is 6. The van der Waals surface area contributed by atoms with Gasteiger partial charge in [-0.3, -0.25) is 14.9 Å². The van der Waals surface area contributed by atoms with E-state index in [1.165, 1.54) is 18.2 Å². The first-order chi connectivity index (χ1) is 9.46. The number of amides is 1. The van der Waals surface area contributed by atoms with Gasteiger partial charge in [-0.1, -0.05) is 6.92 Å². The van der Waals surface area contributed by atoms with Gasteiger partial charge in [0, 0.05) is 31.3 Å². The van der Waals surface area contributed by atoms with Gasteiger partial charge in [-0.15, -0.1) is 0 Å². The lowest BCUT2D eigenvalue weighted by Gasteiger charge is -2.27. The molecule has 1 aromatic carbocycles. The third kappa shape index (κ3) is 3.26. The van der Waals surface area contributed by atoms with E-state index < -0.39 is 4.92 Å². The predicted molar refractivity (Wildman–Crippen MR) is 79.1 cm³/mol. The van der Waals surface area contributed by atoms with E-state index in [0.717, 1.165) is 6.42 Å². The lowest BCUT2D eigenvalue weighted by Crippen LogP contribution is -2.38. The predicted octanol–water partition coefficient (Wildman–Crippen LogP) is 2.90. The lowest BCUT2D eigenvalue weighted by atomic mass is 10.1. The third-order valence-corrected chi connectivity index (χ3v) is 3.43. The molecule has 0 aliphatic heterocycles. The summed E-state index contributed by atoms with van der Waals surface area (Å²) in [5.41, 5.74) is 0.777. The molecule has 0 aliphatic carbocycles. The fourth-order valence-electron chi connectivity index (χ4n) is 2.07. The van der Waals surface area contributed by atoms with Crippen molar-refractivity contribution < 1.29 is 9.72 Å². The van der Waals surface area contributed by atoms with Crippen LogP contribution < -0.4 is 5.32 Å². The van der Waals surface area contributed by atoms with Gasteiger partial charge in [0.15, 0.2) is 0 Å². The molecule has 110 valence electrons. The first-order valence-corrected chi connectivity index (χ1v) is 6.73. The van der Waals surface area contributed by atoms with E-state index in [-0.39, 0.29) is 17.6 Å². The highest BCUT2D eigenvalue weighted by molar-refractivity contribution is 5.96. The number of nitrogens with zero attached hydrogens (tertiary/aromatic N) is 2. The minimum Gasteiger partial charge on any atom is -0.383 e. The minimum atomic E-state index is -0.466. The van der Waals surface area contributed by atoms with Gasteiger partial charge in [-0.05, 0) is 32.4 Å². The lowest BCUT2D eigenvalue weighted by molar-refractivity contribution is -0.383. The van der Waals surface area contributed by atoms with E-state index in [9.17, 15) is 14.9 Å². The van der Waals surface area contributed by atoms with Gasteiger partial charge in [0.25, 0.3) is 11.6 Å². The second kappa shape index (κ2) is 6.88. The number of hydrogen-bond donors (Lipinski definition) is 1. The summed E-state index contributed by atoms with van der Waals surface area (Å²) in [6, 6.07) is 4.54. The third-order valence-electron chi connectivity index (χ3n) is 3.43. The Kier molecular flexibility index (Phi) is 5.49. The summed E-state index contributed by atoms with van der Waals surface area (Å²) >= 11 is 0. The molecule has 0 spiro atoms. The molecule has 1 N–H and O–H groups in total. The maximum atomic E-state index is 12.5. The van der Waals surface area contributed by atoms with E-state index >= 15 is 0 Å². The molecule has 20 heavy (non-hydrogen) atoms. The zero-order valence-corrected chi connectivity index (χ0v) is 12.3. The highest BCUT2D eigenvalue weighted by Crippen LogP contribution is 2.25.